The van der Waals surface area contributed by atoms with Gasteiger partial charge in [0.1, 0.15) is 17.1 Å². The van der Waals surface area contributed by atoms with Gasteiger partial charge in [0.05, 0.1) is 11.0 Å². The SMILES string of the molecule is CC(=O)c1c(OC(F)F)cc(F)cc1[N+](=O)[O-]. The number of alkyl halides is 2. The number of rotatable bonds is 4. The molecule has 0 amide bonds. The number of nitrogens with zero attached hydrogens (tertiary/aromatic N) is 1. The fourth-order valence-electron chi connectivity index (χ4n) is 1.25. The van der Waals surface area contributed by atoms with Crippen LogP contribution >= 0.6 is 0 Å². The van der Waals surface area contributed by atoms with E-state index in [2.05, 4.69) is 4.74 Å². The van der Waals surface area contributed by atoms with Crippen molar-refractivity contribution >= 4 is 11.5 Å². The van der Waals surface area contributed by atoms with Crippen LogP contribution in [0.4, 0.5) is 18.9 Å². The number of ketones is 1. The molecule has 5 nitrogen and oxygen atoms in total. The Bertz CT molecular complexity index is 476. The smallest absolute Gasteiger partial charge is 0.387 e. The molecule has 1 aromatic carbocycles. The van der Waals surface area contributed by atoms with Crippen molar-refractivity contribution in [3.63, 3.8) is 0 Å². The fourth-order valence-corrected chi connectivity index (χ4v) is 1.25. The summed E-state index contributed by atoms with van der Waals surface area (Å²) >= 11 is 0. The molecule has 0 bridgehead atoms. The molecule has 0 spiro atoms. The van der Waals surface area contributed by atoms with Gasteiger partial charge in [0.25, 0.3) is 5.69 Å². The van der Waals surface area contributed by atoms with Crippen LogP contribution in [0.5, 0.6) is 5.75 Å². The van der Waals surface area contributed by atoms with Crippen LogP contribution in [0.2, 0.25) is 0 Å². The quantitative estimate of drug-likeness (QED) is 0.467. The summed E-state index contributed by atoms with van der Waals surface area (Å²) in [5.41, 5.74) is -1.59. The molecule has 0 atom stereocenters. The second-order valence-corrected chi connectivity index (χ2v) is 2.99. The summed E-state index contributed by atoms with van der Waals surface area (Å²) in [6, 6.07) is 0.963. The van der Waals surface area contributed by atoms with Crippen LogP contribution in [0.3, 0.4) is 0 Å². The van der Waals surface area contributed by atoms with Gasteiger partial charge >= 0.3 is 6.61 Å². The van der Waals surface area contributed by atoms with E-state index in [0.29, 0.717) is 12.1 Å². The number of carbonyl (C=O) groups excluding carboxylic acids is 1. The Hall–Kier alpha value is -2.12. The molecular weight excluding hydrogens is 243 g/mol. The zero-order valence-electron chi connectivity index (χ0n) is 8.45. The number of benzene rings is 1. The van der Waals surface area contributed by atoms with Crippen molar-refractivity contribution in [2.45, 2.75) is 13.5 Å². The highest BCUT2D eigenvalue weighted by atomic mass is 19.3. The van der Waals surface area contributed by atoms with Crippen LogP contribution in [0.1, 0.15) is 17.3 Å². The Morgan fingerprint density at radius 1 is 1.47 bits per heavy atom. The molecule has 0 saturated heterocycles. The fraction of sp³-hybridized carbons (Fsp3) is 0.222. The van der Waals surface area contributed by atoms with Crippen molar-refractivity contribution in [3.05, 3.63) is 33.6 Å². The largest absolute Gasteiger partial charge is 0.434 e. The first-order chi connectivity index (χ1) is 7.82. The van der Waals surface area contributed by atoms with Gasteiger partial charge in [-0.2, -0.15) is 8.78 Å². The highest BCUT2D eigenvalue weighted by Crippen LogP contribution is 2.31. The second-order valence-electron chi connectivity index (χ2n) is 2.99. The zero-order valence-corrected chi connectivity index (χ0v) is 8.45. The van der Waals surface area contributed by atoms with Crippen LogP contribution in [-0.2, 0) is 0 Å². The van der Waals surface area contributed by atoms with Gasteiger partial charge in [-0.25, -0.2) is 4.39 Å². The van der Waals surface area contributed by atoms with Crippen molar-refractivity contribution in [3.8, 4) is 5.75 Å². The van der Waals surface area contributed by atoms with E-state index in [0.717, 1.165) is 6.92 Å². The molecular formula is C9H6F3NO4. The van der Waals surface area contributed by atoms with Gasteiger partial charge in [0.15, 0.2) is 5.78 Å². The van der Waals surface area contributed by atoms with Crippen LogP contribution in [0.15, 0.2) is 12.1 Å². The number of nitro benzene ring substituents is 1. The standard InChI is InChI=1S/C9H6F3NO4/c1-4(14)8-6(13(15)16)2-5(10)3-7(8)17-9(11)12/h2-3,9H,1H3. The summed E-state index contributed by atoms with van der Waals surface area (Å²) in [5, 5.41) is 10.6. The minimum absolute atomic E-state index is 0.467. The summed E-state index contributed by atoms with van der Waals surface area (Å²) in [4.78, 5) is 20.6. The van der Waals surface area contributed by atoms with E-state index >= 15 is 0 Å². The number of Topliss-reactive ketones (excluding diaryl/α,β-unsaturated/α-hetero) is 1. The van der Waals surface area contributed by atoms with Crippen LogP contribution in [-0.4, -0.2) is 17.3 Å². The van der Waals surface area contributed by atoms with Gasteiger partial charge in [0, 0.05) is 6.07 Å². The lowest BCUT2D eigenvalue weighted by molar-refractivity contribution is -0.385. The van der Waals surface area contributed by atoms with Gasteiger partial charge in [-0.1, -0.05) is 0 Å². The molecule has 1 rings (SSSR count). The van der Waals surface area contributed by atoms with Gasteiger partial charge in [-0.05, 0) is 6.92 Å². The Balaban J connectivity index is 3.46. The molecule has 0 heterocycles. The second kappa shape index (κ2) is 4.81. The molecule has 0 N–H and O–H groups in total. The maximum absolute atomic E-state index is 12.9. The maximum atomic E-state index is 12.9. The molecule has 0 aliphatic rings. The molecule has 0 unspecified atom stereocenters. The number of nitro groups is 1. The number of carbonyl (C=O) groups is 1. The zero-order chi connectivity index (χ0) is 13.2. The van der Waals surface area contributed by atoms with Gasteiger partial charge in [0.2, 0.25) is 0 Å². The van der Waals surface area contributed by atoms with E-state index in [1.54, 1.807) is 0 Å². The maximum Gasteiger partial charge on any atom is 0.387 e. The van der Waals surface area contributed by atoms with Crippen LogP contribution in [0, 0.1) is 15.9 Å². The monoisotopic (exact) mass is 249 g/mol. The number of ether oxygens (including phenoxy) is 1. The van der Waals surface area contributed by atoms with Gasteiger partial charge < -0.3 is 4.74 Å². The Morgan fingerprint density at radius 3 is 2.47 bits per heavy atom. The predicted molar refractivity (Wildman–Crippen MR) is 49.7 cm³/mol. The molecule has 17 heavy (non-hydrogen) atoms. The molecule has 0 radical (unpaired) electrons. The molecule has 1 aromatic rings. The third kappa shape index (κ3) is 2.92. The molecule has 92 valence electrons. The Morgan fingerprint density at radius 2 is 2.06 bits per heavy atom. The third-order valence-corrected chi connectivity index (χ3v) is 1.81. The number of halogens is 3. The number of hydrogen-bond acceptors (Lipinski definition) is 4. The molecule has 0 aliphatic carbocycles. The molecule has 0 saturated carbocycles. The Labute approximate surface area is 93.0 Å². The lowest BCUT2D eigenvalue weighted by Gasteiger charge is -2.08. The summed E-state index contributed by atoms with van der Waals surface area (Å²) in [6.45, 7) is -2.38. The Kier molecular flexibility index (Phi) is 3.66. The average molecular weight is 249 g/mol. The van der Waals surface area contributed by atoms with Crippen LogP contribution in [0.25, 0.3) is 0 Å². The normalized spacial score (nSPS) is 10.4. The minimum Gasteiger partial charge on any atom is -0.434 e. The minimum atomic E-state index is -3.31. The van der Waals surface area contributed by atoms with E-state index in [9.17, 15) is 28.1 Å². The first kappa shape index (κ1) is 12.9. The highest BCUT2D eigenvalue weighted by molar-refractivity contribution is 6.00. The summed E-state index contributed by atoms with van der Waals surface area (Å²) in [5.74, 6) is -2.86. The van der Waals surface area contributed by atoms with Crippen molar-refractivity contribution in [1.82, 2.24) is 0 Å². The third-order valence-electron chi connectivity index (χ3n) is 1.81. The molecule has 0 aliphatic heterocycles. The van der Waals surface area contributed by atoms with Gasteiger partial charge in [-0.15, -0.1) is 0 Å². The van der Waals surface area contributed by atoms with Gasteiger partial charge in [-0.3, -0.25) is 14.9 Å². The topological polar surface area (TPSA) is 69.4 Å². The molecule has 0 fully saturated rings. The van der Waals surface area contributed by atoms with Crippen molar-refractivity contribution in [2.24, 2.45) is 0 Å². The van der Waals surface area contributed by atoms with Crippen LogP contribution < -0.4 is 4.74 Å². The van der Waals surface area contributed by atoms with Crippen molar-refractivity contribution in [2.75, 3.05) is 0 Å². The molecule has 8 heteroatoms. The average Bonchev–Trinajstić information content (AvgIpc) is 2.14. The predicted octanol–water partition coefficient (Wildman–Crippen LogP) is 2.54. The first-order valence-electron chi connectivity index (χ1n) is 4.26. The van der Waals surface area contributed by atoms with Crippen molar-refractivity contribution in [1.29, 1.82) is 0 Å². The first-order valence-corrected chi connectivity index (χ1v) is 4.26. The summed E-state index contributed by atoms with van der Waals surface area (Å²) in [7, 11) is 0. The lowest BCUT2D eigenvalue weighted by Crippen LogP contribution is -2.09. The van der Waals surface area contributed by atoms with E-state index < -0.39 is 40.1 Å². The highest BCUT2D eigenvalue weighted by Gasteiger charge is 2.26. The van der Waals surface area contributed by atoms with Crippen molar-refractivity contribution < 1.29 is 27.6 Å². The van der Waals surface area contributed by atoms with E-state index in [1.165, 1.54) is 0 Å². The molecule has 0 aromatic heterocycles. The lowest BCUT2D eigenvalue weighted by atomic mass is 10.1. The summed E-state index contributed by atoms with van der Waals surface area (Å²) in [6.07, 6.45) is 0. The van der Waals surface area contributed by atoms with E-state index in [1.807, 2.05) is 0 Å². The summed E-state index contributed by atoms with van der Waals surface area (Å²) < 4.78 is 40.8. The number of hydrogen-bond donors (Lipinski definition) is 0. The van der Waals surface area contributed by atoms with E-state index in [-0.39, 0.29) is 0 Å². The van der Waals surface area contributed by atoms with E-state index in [4.69, 9.17) is 0 Å².